The number of hydrogen-bond acceptors (Lipinski definition) is 12. The van der Waals surface area contributed by atoms with Gasteiger partial charge in [0.1, 0.15) is 24.4 Å². The molecule has 18 nitrogen and oxygen atoms in total. The van der Waals surface area contributed by atoms with Gasteiger partial charge in [0.25, 0.3) is 5.56 Å². The minimum atomic E-state index is -5.75. The molecule has 0 aliphatic carbocycles. The van der Waals surface area contributed by atoms with Crippen LogP contribution in [0.1, 0.15) is 17.7 Å². The Hall–Kier alpha value is -1.07. The first-order chi connectivity index (χ1) is 15.1. The van der Waals surface area contributed by atoms with Gasteiger partial charge in [-0.25, -0.2) is 18.5 Å². The van der Waals surface area contributed by atoms with Crippen molar-refractivity contribution in [3.63, 3.8) is 0 Å². The molecule has 2 aliphatic rings. The van der Waals surface area contributed by atoms with E-state index in [0.717, 1.165) is 10.8 Å². The maximum atomic E-state index is 12.2. The topological polar surface area (TPSA) is 274 Å². The van der Waals surface area contributed by atoms with Crippen molar-refractivity contribution in [3.05, 3.63) is 32.6 Å². The fourth-order valence-corrected chi connectivity index (χ4v) is 6.00. The van der Waals surface area contributed by atoms with Crippen molar-refractivity contribution >= 4 is 23.5 Å². The van der Waals surface area contributed by atoms with Crippen LogP contribution >= 0.6 is 23.5 Å². The van der Waals surface area contributed by atoms with Gasteiger partial charge in [-0.3, -0.25) is 18.9 Å². The Morgan fingerprint density at radius 2 is 1.67 bits per heavy atom. The third kappa shape index (κ3) is 6.54. The SMILES string of the molecule is O=c1[nH]c(=O)n(C2COC2)cc1[C@@H]1O[C@H](COP(=O)(O)OP(=O)(O)OP(=O)(O)O)C(O)C1O. The maximum Gasteiger partial charge on any atom is 0.490 e. The summed E-state index contributed by atoms with van der Waals surface area (Å²) in [6, 6.07) is -0.377. The molecule has 2 aliphatic heterocycles. The molecule has 1 aromatic heterocycles. The largest absolute Gasteiger partial charge is 0.490 e. The van der Waals surface area contributed by atoms with Crippen molar-refractivity contribution in [1.82, 2.24) is 9.55 Å². The molecule has 3 rings (SSSR count). The lowest BCUT2D eigenvalue weighted by atomic mass is 10.0. The number of nitrogens with one attached hydrogen (secondary N) is 1. The Kier molecular flexibility index (Phi) is 7.66. The number of ether oxygens (including phenoxy) is 2. The molecule has 0 spiro atoms. The first-order valence-corrected chi connectivity index (χ1v) is 13.3. The number of nitrogens with zero attached hydrogens (tertiary/aromatic N) is 1. The summed E-state index contributed by atoms with van der Waals surface area (Å²) in [5.74, 6) is 0. The van der Waals surface area contributed by atoms with E-state index in [9.17, 15) is 38.4 Å². The second-order valence-corrected chi connectivity index (χ2v) is 11.3. The van der Waals surface area contributed by atoms with Crippen LogP contribution in [0.25, 0.3) is 0 Å². The highest BCUT2D eigenvalue weighted by Crippen LogP contribution is 2.66. The quantitative estimate of drug-likeness (QED) is 0.161. The third-order valence-electron chi connectivity index (χ3n) is 4.50. The second kappa shape index (κ2) is 9.53. The Morgan fingerprint density at radius 3 is 2.21 bits per heavy atom. The van der Waals surface area contributed by atoms with Crippen LogP contribution in [-0.2, 0) is 36.3 Å². The van der Waals surface area contributed by atoms with Crippen molar-refractivity contribution in [3.8, 4) is 0 Å². The zero-order valence-electron chi connectivity index (χ0n) is 16.1. The molecule has 3 heterocycles. The molecule has 0 amide bonds. The summed E-state index contributed by atoms with van der Waals surface area (Å²) in [5.41, 5.74) is -1.93. The number of aliphatic hydroxyl groups excluding tert-OH is 2. The molecule has 33 heavy (non-hydrogen) atoms. The number of H-pyrrole nitrogens is 1. The lowest BCUT2D eigenvalue weighted by Crippen LogP contribution is -2.42. The van der Waals surface area contributed by atoms with E-state index in [0.29, 0.717) is 0 Å². The summed E-state index contributed by atoms with van der Waals surface area (Å²) >= 11 is 0. The van der Waals surface area contributed by atoms with E-state index in [4.69, 9.17) is 24.2 Å². The third-order valence-corrected chi connectivity index (χ3v) is 8.30. The Bertz CT molecular complexity index is 1140. The van der Waals surface area contributed by atoms with Crippen LogP contribution in [-0.4, -0.2) is 77.5 Å². The van der Waals surface area contributed by atoms with Gasteiger partial charge in [0.05, 0.1) is 31.4 Å². The summed E-state index contributed by atoms with van der Waals surface area (Å²) in [4.78, 5) is 61.8. The van der Waals surface area contributed by atoms with E-state index in [1.54, 1.807) is 0 Å². The second-order valence-electron chi connectivity index (χ2n) is 6.91. The maximum absolute atomic E-state index is 12.2. The van der Waals surface area contributed by atoms with Crippen molar-refractivity contribution in [2.45, 2.75) is 30.5 Å². The number of aromatic amines is 1. The average molecular weight is 540 g/mol. The highest BCUT2D eigenvalue weighted by atomic mass is 31.3. The molecule has 0 bridgehead atoms. The summed E-state index contributed by atoms with van der Waals surface area (Å²) in [7, 11) is -16.8. The van der Waals surface area contributed by atoms with Crippen molar-refractivity contribution in [1.29, 1.82) is 0 Å². The van der Waals surface area contributed by atoms with Crippen LogP contribution < -0.4 is 11.2 Å². The van der Waals surface area contributed by atoms with E-state index in [1.807, 2.05) is 4.98 Å². The van der Waals surface area contributed by atoms with Crippen LogP contribution in [0.4, 0.5) is 0 Å². The van der Waals surface area contributed by atoms with E-state index < -0.39 is 65.7 Å². The molecule has 21 heteroatoms. The monoisotopic (exact) mass is 540 g/mol. The summed E-state index contributed by atoms with van der Waals surface area (Å²) in [5, 5.41) is 20.4. The van der Waals surface area contributed by atoms with E-state index in [-0.39, 0.29) is 24.8 Å². The molecule has 0 saturated carbocycles. The van der Waals surface area contributed by atoms with Gasteiger partial charge in [-0.1, -0.05) is 0 Å². The van der Waals surface area contributed by atoms with Crippen LogP contribution in [0.2, 0.25) is 0 Å². The van der Waals surface area contributed by atoms with Crippen LogP contribution in [0.15, 0.2) is 15.8 Å². The summed E-state index contributed by atoms with van der Waals surface area (Å²) in [6.45, 7) is -0.651. The van der Waals surface area contributed by atoms with E-state index in [1.165, 1.54) is 0 Å². The zero-order chi connectivity index (χ0) is 24.8. The highest BCUT2D eigenvalue weighted by Gasteiger charge is 2.47. The first kappa shape index (κ1) is 26.5. The Labute approximate surface area is 182 Å². The molecule has 188 valence electrons. The number of rotatable bonds is 9. The standard InChI is InChI=1S/C12H19N2O16P3/c15-8-7(4-27-32(22,23)30-33(24,25)29-31(19,20)21)28-10(9(8)16)6-1-14(5-2-26-3-5)12(18)13-11(6)17/h1,5,7-10,15-16H,2-4H2,(H,22,23)(H,24,25)(H,13,17,18)(H2,19,20,21)/t7-,8?,9?,10+/m1/s1. The van der Waals surface area contributed by atoms with Crippen molar-refractivity contribution in [2.24, 2.45) is 0 Å². The van der Waals surface area contributed by atoms with Gasteiger partial charge in [0.15, 0.2) is 0 Å². The van der Waals surface area contributed by atoms with Gasteiger partial charge in [-0.2, -0.15) is 8.62 Å². The smallest absolute Gasteiger partial charge is 0.387 e. The fraction of sp³-hybridized carbons (Fsp3) is 0.667. The zero-order valence-corrected chi connectivity index (χ0v) is 18.8. The fourth-order valence-electron chi connectivity index (χ4n) is 2.97. The molecule has 7 N–H and O–H groups in total. The average Bonchev–Trinajstić information content (AvgIpc) is 2.86. The first-order valence-electron chi connectivity index (χ1n) is 8.81. The molecule has 0 aromatic carbocycles. The van der Waals surface area contributed by atoms with E-state index >= 15 is 0 Å². The van der Waals surface area contributed by atoms with Gasteiger partial charge in [-0.05, 0) is 0 Å². The molecule has 2 saturated heterocycles. The lowest BCUT2D eigenvalue weighted by Gasteiger charge is -2.28. The minimum Gasteiger partial charge on any atom is -0.387 e. The van der Waals surface area contributed by atoms with Crippen LogP contribution in [0, 0.1) is 0 Å². The molecule has 2 fully saturated rings. The molecular formula is C12H19N2O16P3. The molecule has 6 atom stereocenters. The Morgan fingerprint density at radius 1 is 1.03 bits per heavy atom. The molecular weight excluding hydrogens is 521 g/mol. The van der Waals surface area contributed by atoms with Gasteiger partial charge in [-0.15, -0.1) is 0 Å². The highest BCUT2D eigenvalue weighted by molar-refractivity contribution is 7.66. The van der Waals surface area contributed by atoms with Crippen molar-refractivity contribution < 1.29 is 66.1 Å². The number of phosphoric acid groups is 3. The summed E-state index contributed by atoms with van der Waals surface area (Å²) in [6.07, 6.45) is -5.54. The molecule has 1 aromatic rings. The normalized spacial score (nSPS) is 29.9. The predicted molar refractivity (Wildman–Crippen MR) is 101 cm³/mol. The molecule has 0 radical (unpaired) electrons. The Balaban J connectivity index is 1.71. The van der Waals surface area contributed by atoms with Gasteiger partial charge in [0, 0.05) is 6.20 Å². The minimum absolute atomic E-state index is 0.199. The van der Waals surface area contributed by atoms with Crippen LogP contribution in [0.5, 0.6) is 0 Å². The van der Waals surface area contributed by atoms with Gasteiger partial charge in [0.2, 0.25) is 0 Å². The van der Waals surface area contributed by atoms with E-state index in [2.05, 4.69) is 13.1 Å². The molecule has 4 unspecified atom stereocenters. The number of aromatic nitrogens is 2. The van der Waals surface area contributed by atoms with Gasteiger partial charge >= 0.3 is 29.2 Å². The predicted octanol–water partition coefficient (Wildman–Crippen LogP) is -2.39. The lowest BCUT2D eigenvalue weighted by molar-refractivity contribution is -0.0292. The number of phosphoric ester groups is 1. The van der Waals surface area contributed by atoms with Gasteiger partial charge < -0.3 is 39.3 Å². The number of aliphatic hydroxyl groups is 2. The van der Waals surface area contributed by atoms with Crippen molar-refractivity contribution in [2.75, 3.05) is 19.8 Å². The summed E-state index contributed by atoms with van der Waals surface area (Å²) < 4.78 is 56.7. The van der Waals surface area contributed by atoms with Crippen LogP contribution in [0.3, 0.4) is 0 Å². The number of hydrogen-bond donors (Lipinski definition) is 7.